The summed E-state index contributed by atoms with van der Waals surface area (Å²) in [6.07, 6.45) is -4.67. The molecule has 0 bridgehead atoms. The van der Waals surface area contributed by atoms with Crippen LogP contribution in [0.2, 0.25) is 5.02 Å². The largest absolute Gasteiger partial charge is 0.460 e. The molecule has 37 heavy (non-hydrogen) atoms. The third kappa shape index (κ3) is 7.66. The number of carbonyl (C=O) groups is 2. The van der Waals surface area contributed by atoms with E-state index in [1.54, 1.807) is 26.8 Å². The first kappa shape index (κ1) is 28.9. The van der Waals surface area contributed by atoms with Crippen molar-refractivity contribution in [2.45, 2.75) is 76.5 Å². The highest BCUT2D eigenvalue weighted by Crippen LogP contribution is 2.55. The number of rotatable bonds is 8. The molecule has 1 saturated carbocycles. The Kier molecular flexibility index (Phi) is 8.27. The minimum Gasteiger partial charge on any atom is -0.460 e. The molecule has 3 rings (SSSR count). The van der Waals surface area contributed by atoms with Gasteiger partial charge in [-0.2, -0.15) is 13.2 Å². The molecule has 3 unspecified atom stereocenters. The minimum absolute atomic E-state index is 0.0484. The summed E-state index contributed by atoms with van der Waals surface area (Å²) in [5, 5.41) is 2.59. The fourth-order valence-electron chi connectivity index (χ4n) is 4.04. The van der Waals surface area contributed by atoms with Crippen LogP contribution in [0.3, 0.4) is 0 Å². The maximum Gasteiger partial charge on any atom is 0.392 e. The van der Waals surface area contributed by atoms with E-state index in [9.17, 15) is 31.5 Å². The third-order valence-electron chi connectivity index (χ3n) is 6.15. The Labute approximate surface area is 217 Å². The number of aryl methyl sites for hydroxylation is 1. The van der Waals surface area contributed by atoms with Gasteiger partial charge in [0.15, 0.2) is 0 Å². The summed E-state index contributed by atoms with van der Waals surface area (Å²) in [6.45, 7) is 6.13. The van der Waals surface area contributed by atoms with Crippen LogP contribution in [0, 0.1) is 5.92 Å². The first-order valence-corrected chi connectivity index (χ1v) is 12.2. The monoisotopic (exact) mass is 545 g/mol. The molecule has 1 aliphatic carbocycles. The van der Waals surface area contributed by atoms with Crippen LogP contribution in [-0.4, -0.2) is 29.6 Å². The number of hydrogen-bond acceptors (Lipinski definition) is 3. The number of alkyl halides is 5. The first-order chi connectivity index (χ1) is 17.0. The topological polar surface area (TPSA) is 55.4 Å². The number of halogens is 6. The lowest BCUT2D eigenvalue weighted by Gasteiger charge is -2.26. The van der Waals surface area contributed by atoms with Gasteiger partial charge in [0.05, 0.1) is 28.5 Å². The SMILES string of the molecule is CC(C(C(=O)Nc1cc(CCC(=O)OC(C)(C)C)ccc1Cl)c1ccc(C2CC2(F)F)cc1)C(F)(F)F. The number of benzene rings is 2. The van der Waals surface area contributed by atoms with Gasteiger partial charge in [-0.15, -0.1) is 0 Å². The van der Waals surface area contributed by atoms with E-state index in [4.69, 9.17) is 16.3 Å². The van der Waals surface area contributed by atoms with Gasteiger partial charge in [0.25, 0.3) is 5.92 Å². The summed E-state index contributed by atoms with van der Waals surface area (Å²) in [4.78, 5) is 25.2. The molecular formula is C27H29ClF5NO3. The molecule has 0 aliphatic heterocycles. The van der Waals surface area contributed by atoms with Gasteiger partial charge in [-0.1, -0.05) is 48.9 Å². The Morgan fingerprint density at radius 2 is 1.70 bits per heavy atom. The number of hydrogen-bond donors (Lipinski definition) is 1. The molecule has 1 aliphatic rings. The lowest BCUT2D eigenvalue weighted by Crippen LogP contribution is -2.34. The lowest BCUT2D eigenvalue weighted by atomic mass is 9.85. The third-order valence-corrected chi connectivity index (χ3v) is 6.48. The summed E-state index contributed by atoms with van der Waals surface area (Å²) in [5.74, 6) is -8.84. The fraction of sp³-hybridized carbons (Fsp3) is 0.481. The molecule has 1 amide bonds. The average Bonchev–Trinajstić information content (AvgIpc) is 3.41. The van der Waals surface area contributed by atoms with Crippen LogP contribution in [-0.2, 0) is 20.7 Å². The number of ether oxygens (including phenoxy) is 1. The molecule has 0 aromatic heterocycles. The number of amides is 1. The van der Waals surface area contributed by atoms with Crippen molar-refractivity contribution in [1.82, 2.24) is 0 Å². The van der Waals surface area contributed by atoms with Gasteiger partial charge in [0.1, 0.15) is 5.60 Å². The normalized spacial score (nSPS) is 18.6. The van der Waals surface area contributed by atoms with Crippen molar-refractivity contribution in [2.24, 2.45) is 5.92 Å². The van der Waals surface area contributed by atoms with E-state index in [0.717, 1.165) is 6.92 Å². The second-order valence-corrected chi connectivity index (χ2v) is 10.8. The first-order valence-electron chi connectivity index (χ1n) is 11.8. The van der Waals surface area contributed by atoms with Crippen LogP contribution in [0.1, 0.15) is 69.1 Å². The molecule has 3 atom stereocenters. The van der Waals surface area contributed by atoms with E-state index in [2.05, 4.69) is 5.32 Å². The smallest absolute Gasteiger partial charge is 0.392 e. The summed E-state index contributed by atoms with van der Waals surface area (Å²) in [6, 6.07) is 9.88. The van der Waals surface area contributed by atoms with Crippen LogP contribution in [0.5, 0.6) is 0 Å². The number of anilines is 1. The predicted molar refractivity (Wildman–Crippen MR) is 131 cm³/mol. The van der Waals surface area contributed by atoms with E-state index in [-0.39, 0.29) is 35.5 Å². The van der Waals surface area contributed by atoms with Crippen LogP contribution in [0.25, 0.3) is 0 Å². The molecule has 1 fully saturated rings. The van der Waals surface area contributed by atoms with Gasteiger partial charge < -0.3 is 10.1 Å². The van der Waals surface area contributed by atoms with Crippen molar-refractivity contribution in [3.63, 3.8) is 0 Å². The van der Waals surface area contributed by atoms with Crippen molar-refractivity contribution < 1.29 is 36.3 Å². The molecule has 10 heteroatoms. The van der Waals surface area contributed by atoms with Gasteiger partial charge in [0.2, 0.25) is 5.91 Å². The molecule has 0 radical (unpaired) electrons. The highest BCUT2D eigenvalue weighted by Gasteiger charge is 2.57. The van der Waals surface area contributed by atoms with Gasteiger partial charge in [-0.25, -0.2) is 8.78 Å². The molecular weight excluding hydrogens is 517 g/mol. The predicted octanol–water partition coefficient (Wildman–Crippen LogP) is 7.66. The van der Waals surface area contributed by atoms with Crippen LogP contribution in [0.15, 0.2) is 42.5 Å². The molecule has 0 heterocycles. The summed E-state index contributed by atoms with van der Waals surface area (Å²) >= 11 is 6.20. The summed E-state index contributed by atoms with van der Waals surface area (Å²) in [7, 11) is 0. The van der Waals surface area contributed by atoms with Crippen molar-refractivity contribution in [3.05, 3.63) is 64.2 Å². The molecule has 4 nitrogen and oxygen atoms in total. The lowest BCUT2D eigenvalue weighted by molar-refractivity contribution is -0.178. The van der Waals surface area contributed by atoms with Gasteiger partial charge in [-0.05, 0) is 56.0 Å². The zero-order chi connectivity index (χ0) is 27.8. The molecule has 202 valence electrons. The van der Waals surface area contributed by atoms with Crippen molar-refractivity contribution >= 4 is 29.2 Å². The van der Waals surface area contributed by atoms with E-state index >= 15 is 0 Å². The number of esters is 1. The second kappa shape index (κ2) is 10.6. The zero-order valence-electron chi connectivity index (χ0n) is 20.9. The fourth-order valence-corrected chi connectivity index (χ4v) is 4.20. The van der Waals surface area contributed by atoms with Crippen molar-refractivity contribution in [2.75, 3.05) is 5.32 Å². The number of carbonyl (C=O) groups excluding carboxylic acids is 2. The molecule has 0 saturated heterocycles. The van der Waals surface area contributed by atoms with E-state index in [1.807, 2.05) is 0 Å². The molecule has 1 N–H and O–H groups in total. The van der Waals surface area contributed by atoms with E-state index in [0.29, 0.717) is 11.1 Å². The number of nitrogens with one attached hydrogen (secondary N) is 1. The van der Waals surface area contributed by atoms with Gasteiger partial charge >= 0.3 is 12.1 Å². The standard InChI is InChI=1S/C27H29ClF5NO3/c1-15(27(31,32)33)23(18-9-7-17(8-10-18)19-14-26(19,29)30)24(36)34-21-13-16(5-11-20(21)28)6-12-22(35)37-25(2,3)4/h5,7-11,13,15,19,23H,6,12,14H2,1-4H3,(H,34,36). The summed E-state index contributed by atoms with van der Waals surface area (Å²) in [5.41, 5.74) is 0.446. The Bertz CT molecular complexity index is 1140. The second-order valence-electron chi connectivity index (χ2n) is 10.4. The van der Waals surface area contributed by atoms with Crippen LogP contribution >= 0.6 is 11.6 Å². The maximum absolute atomic E-state index is 13.7. The quantitative estimate of drug-likeness (QED) is 0.274. The van der Waals surface area contributed by atoms with E-state index < -0.39 is 47.3 Å². The Hall–Kier alpha value is -2.68. The molecule has 0 spiro atoms. The maximum atomic E-state index is 13.7. The van der Waals surface area contributed by atoms with Gasteiger partial charge in [-0.3, -0.25) is 9.59 Å². The van der Waals surface area contributed by atoms with Crippen molar-refractivity contribution in [3.8, 4) is 0 Å². The van der Waals surface area contributed by atoms with Crippen LogP contribution < -0.4 is 5.32 Å². The van der Waals surface area contributed by atoms with Crippen LogP contribution in [0.4, 0.5) is 27.6 Å². The van der Waals surface area contributed by atoms with Crippen molar-refractivity contribution in [1.29, 1.82) is 0 Å². The summed E-state index contributed by atoms with van der Waals surface area (Å²) < 4.78 is 73.1. The minimum atomic E-state index is -4.69. The average molecular weight is 546 g/mol. The van der Waals surface area contributed by atoms with E-state index in [1.165, 1.54) is 36.4 Å². The zero-order valence-corrected chi connectivity index (χ0v) is 21.6. The Morgan fingerprint density at radius 1 is 1.11 bits per heavy atom. The molecule has 2 aromatic carbocycles. The van der Waals surface area contributed by atoms with Gasteiger partial charge in [0, 0.05) is 12.8 Å². The highest BCUT2D eigenvalue weighted by atomic mass is 35.5. The highest BCUT2D eigenvalue weighted by molar-refractivity contribution is 6.33. The molecule has 2 aromatic rings. The Balaban J connectivity index is 1.80. The Morgan fingerprint density at radius 3 is 2.22 bits per heavy atom.